The molecule has 0 aliphatic rings. The van der Waals surface area contributed by atoms with Gasteiger partial charge < -0.3 is 15.2 Å². The minimum absolute atomic E-state index is 0.0517. The third-order valence-corrected chi connectivity index (χ3v) is 2.38. The third kappa shape index (κ3) is 3.40. The highest BCUT2D eigenvalue weighted by molar-refractivity contribution is 5.75. The fraction of sp³-hybridized carbons (Fsp3) is 0.545. The van der Waals surface area contributed by atoms with Gasteiger partial charge in [-0.25, -0.2) is 0 Å². The number of aryl methyl sites for hydroxylation is 1. The van der Waals surface area contributed by atoms with Gasteiger partial charge in [0.05, 0.1) is 0 Å². The molecule has 1 rings (SSSR count). The van der Waals surface area contributed by atoms with Crippen LogP contribution in [0.5, 0.6) is 0 Å². The fourth-order valence-corrected chi connectivity index (χ4v) is 1.32. The van der Waals surface area contributed by atoms with Crippen LogP contribution in [0.2, 0.25) is 0 Å². The van der Waals surface area contributed by atoms with Crippen LogP contribution in [0.15, 0.2) is 18.5 Å². The molecule has 0 aromatic carbocycles. The fourth-order valence-electron chi connectivity index (χ4n) is 1.32. The molecule has 4 nitrogen and oxygen atoms in total. The van der Waals surface area contributed by atoms with Gasteiger partial charge in [-0.1, -0.05) is 0 Å². The van der Waals surface area contributed by atoms with Gasteiger partial charge in [-0.05, 0) is 18.6 Å². The number of nitrogens with zero attached hydrogens (tertiary/aromatic N) is 2. The molecular formula is C11H19N3O. The van der Waals surface area contributed by atoms with Crippen molar-refractivity contribution < 1.29 is 4.79 Å². The minimum atomic E-state index is 0.0517. The van der Waals surface area contributed by atoms with Gasteiger partial charge in [-0.2, -0.15) is 0 Å². The normalized spacial score (nSPS) is 12.5. The van der Waals surface area contributed by atoms with E-state index in [1.165, 1.54) is 0 Å². The van der Waals surface area contributed by atoms with Crippen molar-refractivity contribution in [2.24, 2.45) is 5.73 Å². The molecule has 0 radical (unpaired) electrons. The number of carbonyl (C=O) groups is 1. The Morgan fingerprint density at radius 3 is 2.73 bits per heavy atom. The summed E-state index contributed by atoms with van der Waals surface area (Å²) in [4.78, 5) is 13.0. The molecule has 15 heavy (non-hydrogen) atoms. The maximum atomic E-state index is 11.3. The number of aromatic nitrogens is 1. The second-order valence-corrected chi connectivity index (χ2v) is 4.01. The Hall–Kier alpha value is -1.29. The predicted molar refractivity (Wildman–Crippen MR) is 60.3 cm³/mol. The summed E-state index contributed by atoms with van der Waals surface area (Å²) in [5.74, 6) is 0.144. The van der Waals surface area contributed by atoms with Crippen LogP contribution in [0.4, 0.5) is 0 Å². The number of amides is 1. The lowest BCUT2D eigenvalue weighted by atomic mass is 10.2. The first-order chi connectivity index (χ1) is 7.00. The Labute approximate surface area is 90.7 Å². The van der Waals surface area contributed by atoms with E-state index < -0.39 is 0 Å². The summed E-state index contributed by atoms with van der Waals surface area (Å²) in [6.07, 6.45) is 4.48. The first-order valence-corrected chi connectivity index (χ1v) is 5.12. The monoisotopic (exact) mass is 209 g/mol. The minimum Gasteiger partial charge on any atom is -0.353 e. The maximum absolute atomic E-state index is 11.3. The second-order valence-electron chi connectivity index (χ2n) is 4.01. The van der Waals surface area contributed by atoms with Crippen LogP contribution in [-0.4, -0.2) is 29.5 Å². The van der Waals surface area contributed by atoms with Gasteiger partial charge >= 0.3 is 0 Å². The first kappa shape index (κ1) is 11.8. The molecule has 0 aliphatic carbocycles. The van der Waals surface area contributed by atoms with Gasteiger partial charge in [0, 0.05) is 45.5 Å². The first-order valence-electron chi connectivity index (χ1n) is 5.12. The van der Waals surface area contributed by atoms with Crippen LogP contribution < -0.4 is 5.73 Å². The van der Waals surface area contributed by atoms with Crippen LogP contribution in [0.25, 0.3) is 0 Å². The molecule has 0 fully saturated rings. The Kier molecular flexibility index (Phi) is 3.91. The van der Waals surface area contributed by atoms with E-state index in [9.17, 15) is 4.79 Å². The zero-order chi connectivity index (χ0) is 11.4. The van der Waals surface area contributed by atoms with Crippen LogP contribution in [0.1, 0.15) is 24.9 Å². The molecule has 1 atom stereocenters. The molecule has 0 spiro atoms. The molecule has 0 saturated heterocycles. The number of carbonyl (C=O) groups excluding carboxylic acids is 1. The molecule has 1 aromatic heterocycles. The van der Waals surface area contributed by atoms with Crippen molar-refractivity contribution in [2.75, 3.05) is 14.1 Å². The lowest BCUT2D eigenvalue weighted by molar-refractivity contribution is -0.128. The smallest absolute Gasteiger partial charge is 0.223 e. The summed E-state index contributed by atoms with van der Waals surface area (Å²) in [6.45, 7) is 2.66. The summed E-state index contributed by atoms with van der Waals surface area (Å²) >= 11 is 0. The average molecular weight is 209 g/mol. The lowest BCUT2D eigenvalue weighted by Crippen LogP contribution is -2.22. The molecule has 4 heteroatoms. The van der Waals surface area contributed by atoms with E-state index in [1.54, 1.807) is 19.0 Å². The van der Waals surface area contributed by atoms with Gasteiger partial charge in [0.1, 0.15) is 0 Å². The quantitative estimate of drug-likeness (QED) is 0.804. The average Bonchev–Trinajstić information content (AvgIpc) is 2.62. The van der Waals surface area contributed by atoms with Crippen LogP contribution >= 0.6 is 0 Å². The number of rotatable bonds is 4. The summed E-state index contributed by atoms with van der Waals surface area (Å²) in [5, 5.41) is 0. The standard InChI is InChI=1S/C11H19N3O/c1-9(12)10-4-6-14(8-10)7-5-11(15)13(2)3/h4,6,8-9H,5,7,12H2,1-3H3. The number of hydrogen-bond acceptors (Lipinski definition) is 2. The summed E-state index contributed by atoms with van der Waals surface area (Å²) in [6, 6.07) is 2.04. The zero-order valence-corrected chi connectivity index (χ0v) is 9.60. The van der Waals surface area contributed by atoms with E-state index in [0.29, 0.717) is 13.0 Å². The van der Waals surface area contributed by atoms with E-state index in [1.807, 2.05) is 30.0 Å². The van der Waals surface area contributed by atoms with Crippen LogP contribution in [-0.2, 0) is 11.3 Å². The molecule has 0 bridgehead atoms. The number of nitrogens with two attached hydrogens (primary N) is 1. The topological polar surface area (TPSA) is 51.3 Å². The summed E-state index contributed by atoms with van der Waals surface area (Å²) in [5.41, 5.74) is 6.85. The maximum Gasteiger partial charge on any atom is 0.223 e. The summed E-state index contributed by atoms with van der Waals surface area (Å²) < 4.78 is 2.00. The molecule has 1 amide bonds. The molecule has 0 aliphatic heterocycles. The lowest BCUT2D eigenvalue weighted by Gasteiger charge is -2.10. The third-order valence-electron chi connectivity index (χ3n) is 2.38. The Morgan fingerprint density at radius 1 is 1.60 bits per heavy atom. The molecule has 2 N–H and O–H groups in total. The van der Waals surface area contributed by atoms with Crippen molar-refractivity contribution in [2.45, 2.75) is 25.9 Å². The highest BCUT2D eigenvalue weighted by Crippen LogP contribution is 2.10. The van der Waals surface area contributed by atoms with E-state index in [4.69, 9.17) is 5.73 Å². The van der Waals surface area contributed by atoms with Crippen molar-refractivity contribution in [1.29, 1.82) is 0 Å². The second kappa shape index (κ2) is 4.98. The molecular weight excluding hydrogens is 190 g/mol. The summed E-state index contributed by atoms with van der Waals surface area (Å²) in [7, 11) is 3.54. The van der Waals surface area contributed by atoms with E-state index >= 15 is 0 Å². The predicted octanol–water partition coefficient (Wildman–Crippen LogP) is 0.986. The Balaban J connectivity index is 2.48. The van der Waals surface area contributed by atoms with Crippen LogP contribution in [0, 0.1) is 0 Å². The van der Waals surface area contributed by atoms with Crippen molar-refractivity contribution in [3.63, 3.8) is 0 Å². The number of hydrogen-bond donors (Lipinski definition) is 1. The molecule has 0 saturated carbocycles. The van der Waals surface area contributed by atoms with E-state index in [2.05, 4.69) is 0 Å². The Bertz CT molecular complexity index is 328. The van der Waals surface area contributed by atoms with Gasteiger partial charge in [-0.3, -0.25) is 4.79 Å². The Morgan fingerprint density at radius 2 is 2.27 bits per heavy atom. The highest BCUT2D eigenvalue weighted by atomic mass is 16.2. The zero-order valence-electron chi connectivity index (χ0n) is 9.60. The van der Waals surface area contributed by atoms with E-state index in [0.717, 1.165) is 5.56 Å². The van der Waals surface area contributed by atoms with Crippen molar-refractivity contribution in [3.8, 4) is 0 Å². The molecule has 1 aromatic rings. The van der Waals surface area contributed by atoms with Gasteiger partial charge in [0.15, 0.2) is 0 Å². The molecule has 1 heterocycles. The van der Waals surface area contributed by atoms with Crippen molar-refractivity contribution in [3.05, 3.63) is 24.0 Å². The van der Waals surface area contributed by atoms with Crippen molar-refractivity contribution in [1.82, 2.24) is 9.47 Å². The van der Waals surface area contributed by atoms with Gasteiger partial charge in [-0.15, -0.1) is 0 Å². The van der Waals surface area contributed by atoms with Crippen LogP contribution in [0.3, 0.4) is 0 Å². The molecule has 1 unspecified atom stereocenters. The highest BCUT2D eigenvalue weighted by Gasteiger charge is 2.05. The van der Waals surface area contributed by atoms with Gasteiger partial charge in [0.2, 0.25) is 5.91 Å². The molecule has 84 valence electrons. The largest absolute Gasteiger partial charge is 0.353 e. The van der Waals surface area contributed by atoms with Crippen molar-refractivity contribution >= 4 is 5.91 Å². The van der Waals surface area contributed by atoms with E-state index in [-0.39, 0.29) is 11.9 Å². The van der Waals surface area contributed by atoms with Gasteiger partial charge in [0.25, 0.3) is 0 Å². The SMILES string of the molecule is CC(N)c1ccn(CCC(=O)N(C)C)c1.